The maximum Gasteiger partial charge on any atom is 0.0793 e. The number of hydrogen-bond donors (Lipinski definition) is 0. The Hall–Kier alpha value is 0.250. The molecule has 2 atom stereocenters. The second-order valence-electron chi connectivity index (χ2n) is 3.49. The Morgan fingerprint density at radius 2 is 1.82 bits per heavy atom. The Morgan fingerprint density at radius 1 is 1.27 bits per heavy atom. The second kappa shape index (κ2) is 5.84. The first-order valence-corrected chi connectivity index (χ1v) is 4.71. The third kappa shape index (κ3) is 3.97. The number of rotatable bonds is 5. The molecule has 0 aromatic heterocycles. The Balaban J connectivity index is 3.87. The third-order valence-electron chi connectivity index (χ3n) is 2.22. The molecule has 1 nitrogen and oxygen atoms in total. The fourth-order valence-corrected chi connectivity index (χ4v) is 1.64. The Bertz CT molecular complexity index is 93.6. The van der Waals surface area contributed by atoms with Crippen molar-refractivity contribution in [1.29, 1.82) is 0 Å². The molecule has 0 spiro atoms. The Labute approximate surface area is 75.2 Å². The summed E-state index contributed by atoms with van der Waals surface area (Å²) in [6.07, 6.45) is 2.58. The maximum absolute atomic E-state index is 5.33. The van der Waals surface area contributed by atoms with Crippen molar-refractivity contribution in [2.75, 3.05) is 0 Å². The monoisotopic (exact) mass is 178 g/mol. The van der Waals surface area contributed by atoms with Crippen molar-refractivity contribution < 1.29 is 4.29 Å². The largest absolute Gasteiger partial charge is 0.276 e. The standard InChI is InChI=1S/C9H19ClO/c1-5-6-9(7(2)3)8(4)11-10/h7-9H,5-6H2,1-4H3. The first-order chi connectivity index (χ1) is 5.13. The summed E-state index contributed by atoms with van der Waals surface area (Å²) in [5, 5.41) is 0. The zero-order chi connectivity index (χ0) is 8.85. The van der Waals surface area contributed by atoms with Crippen LogP contribution in [0.2, 0.25) is 0 Å². The van der Waals surface area contributed by atoms with Gasteiger partial charge in [-0.3, -0.25) is 4.29 Å². The number of halogens is 1. The predicted molar refractivity (Wildman–Crippen MR) is 49.6 cm³/mol. The summed E-state index contributed by atoms with van der Waals surface area (Å²) in [4.78, 5) is 0. The molecule has 11 heavy (non-hydrogen) atoms. The summed E-state index contributed by atoms with van der Waals surface area (Å²) < 4.78 is 4.80. The lowest BCUT2D eigenvalue weighted by atomic mass is 9.87. The van der Waals surface area contributed by atoms with Gasteiger partial charge in [0.1, 0.15) is 0 Å². The first kappa shape index (κ1) is 11.2. The zero-order valence-corrected chi connectivity index (χ0v) is 8.69. The molecule has 0 aliphatic rings. The topological polar surface area (TPSA) is 9.23 Å². The Morgan fingerprint density at radius 3 is 2.09 bits per heavy atom. The molecule has 0 bridgehead atoms. The summed E-state index contributed by atoms with van der Waals surface area (Å²) in [5.74, 6) is 1.25. The summed E-state index contributed by atoms with van der Waals surface area (Å²) in [5.41, 5.74) is 0. The van der Waals surface area contributed by atoms with E-state index in [9.17, 15) is 0 Å². The van der Waals surface area contributed by atoms with E-state index in [4.69, 9.17) is 16.2 Å². The van der Waals surface area contributed by atoms with Gasteiger partial charge < -0.3 is 0 Å². The number of hydrogen-bond acceptors (Lipinski definition) is 1. The fraction of sp³-hybridized carbons (Fsp3) is 1.00. The second-order valence-corrected chi connectivity index (χ2v) is 3.67. The van der Waals surface area contributed by atoms with Crippen molar-refractivity contribution in [2.45, 2.75) is 46.6 Å². The van der Waals surface area contributed by atoms with Crippen LogP contribution in [0.15, 0.2) is 0 Å². The molecule has 0 aromatic rings. The van der Waals surface area contributed by atoms with E-state index >= 15 is 0 Å². The molecule has 0 fully saturated rings. The summed E-state index contributed by atoms with van der Waals surface area (Å²) >= 11 is 5.33. The van der Waals surface area contributed by atoms with Crippen LogP contribution in [0.5, 0.6) is 0 Å². The van der Waals surface area contributed by atoms with E-state index in [-0.39, 0.29) is 6.10 Å². The highest BCUT2D eigenvalue weighted by molar-refractivity contribution is 6.07. The van der Waals surface area contributed by atoms with E-state index in [0.29, 0.717) is 11.8 Å². The zero-order valence-electron chi connectivity index (χ0n) is 7.93. The van der Waals surface area contributed by atoms with E-state index in [1.165, 1.54) is 12.8 Å². The normalized spacial score (nSPS) is 16.9. The van der Waals surface area contributed by atoms with Gasteiger partial charge in [0.05, 0.1) is 18.0 Å². The van der Waals surface area contributed by atoms with Crippen LogP contribution in [-0.4, -0.2) is 6.10 Å². The molecule has 0 rings (SSSR count). The molecule has 0 saturated heterocycles. The summed E-state index contributed by atoms with van der Waals surface area (Å²) in [6.45, 7) is 8.66. The van der Waals surface area contributed by atoms with E-state index in [1.54, 1.807) is 0 Å². The third-order valence-corrected chi connectivity index (χ3v) is 2.50. The molecule has 0 aromatic carbocycles. The van der Waals surface area contributed by atoms with Crippen LogP contribution in [0.3, 0.4) is 0 Å². The highest BCUT2D eigenvalue weighted by Crippen LogP contribution is 2.23. The molecule has 0 radical (unpaired) electrons. The minimum Gasteiger partial charge on any atom is -0.276 e. The molecule has 0 saturated carbocycles. The van der Waals surface area contributed by atoms with Crippen LogP contribution in [0.1, 0.15) is 40.5 Å². The van der Waals surface area contributed by atoms with Gasteiger partial charge >= 0.3 is 0 Å². The Kier molecular flexibility index (Phi) is 5.98. The maximum atomic E-state index is 5.33. The van der Waals surface area contributed by atoms with Crippen LogP contribution < -0.4 is 0 Å². The van der Waals surface area contributed by atoms with Crippen LogP contribution >= 0.6 is 11.9 Å². The molecule has 0 N–H and O–H groups in total. The minimum atomic E-state index is 0.177. The summed E-state index contributed by atoms with van der Waals surface area (Å²) in [6, 6.07) is 0. The molecular weight excluding hydrogens is 160 g/mol. The van der Waals surface area contributed by atoms with Crippen LogP contribution in [-0.2, 0) is 4.29 Å². The molecule has 2 heteroatoms. The van der Waals surface area contributed by atoms with E-state index < -0.39 is 0 Å². The van der Waals surface area contributed by atoms with Crippen LogP contribution in [0.25, 0.3) is 0 Å². The van der Waals surface area contributed by atoms with E-state index in [2.05, 4.69) is 20.8 Å². The van der Waals surface area contributed by atoms with Gasteiger partial charge in [0, 0.05) is 0 Å². The van der Waals surface area contributed by atoms with Gasteiger partial charge in [0.15, 0.2) is 0 Å². The van der Waals surface area contributed by atoms with E-state index in [1.807, 2.05) is 6.92 Å². The molecule has 0 aliphatic heterocycles. The molecule has 0 aliphatic carbocycles. The molecule has 2 unspecified atom stereocenters. The average Bonchev–Trinajstić information content (AvgIpc) is 1.98. The van der Waals surface area contributed by atoms with Crippen molar-refractivity contribution in [2.24, 2.45) is 11.8 Å². The van der Waals surface area contributed by atoms with Crippen LogP contribution in [0.4, 0.5) is 0 Å². The smallest absolute Gasteiger partial charge is 0.0793 e. The van der Waals surface area contributed by atoms with Gasteiger partial charge in [0.2, 0.25) is 0 Å². The lowest BCUT2D eigenvalue weighted by molar-refractivity contribution is 0.125. The van der Waals surface area contributed by atoms with Gasteiger partial charge in [-0.05, 0) is 25.2 Å². The fourth-order valence-electron chi connectivity index (χ4n) is 1.51. The highest BCUT2D eigenvalue weighted by atomic mass is 35.5. The van der Waals surface area contributed by atoms with E-state index in [0.717, 1.165) is 0 Å². The van der Waals surface area contributed by atoms with Gasteiger partial charge in [-0.1, -0.05) is 27.2 Å². The predicted octanol–water partition coefficient (Wildman–Crippen LogP) is 3.62. The van der Waals surface area contributed by atoms with Crippen molar-refractivity contribution in [3.8, 4) is 0 Å². The van der Waals surface area contributed by atoms with Crippen LogP contribution in [0, 0.1) is 11.8 Å². The lowest BCUT2D eigenvalue weighted by Gasteiger charge is -2.24. The van der Waals surface area contributed by atoms with Gasteiger partial charge in [-0.2, -0.15) is 0 Å². The van der Waals surface area contributed by atoms with Gasteiger partial charge in [-0.15, -0.1) is 0 Å². The summed E-state index contributed by atoms with van der Waals surface area (Å²) in [7, 11) is 0. The molecule has 0 heterocycles. The first-order valence-electron chi connectivity index (χ1n) is 4.40. The SMILES string of the molecule is CCCC(C(C)C)C(C)OCl. The molecule has 0 amide bonds. The van der Waals surface area contributed by atoms with Gasteiger partial charge in [0.25, 0.3) is 0 Å². The quantitative estimate of drug-likeness (QED) is 0.625. The van der Waals surface area contributed by atoms with Crippen molar-refractivity contribution in [1.82, 2.24) is 0 Å². The minimum absolute atomic E-state index is 0.177. The van der Waals surface area contributed by atoms with Gasteiger partial charge in [-0.25, -0.2) is 0 Å². The van der Waals surface area contributed by atoms with Crippen molar-refractivity contribution in [3.05, 3.63) is 0 Å². The molecular formula is C9H19ClO. The van der Waals surface area contributed by atoms with Crippen molar-refractivity contribution in [3.63, 3.8) is 0 Å². The highest BCUT2D eigenvalue weighted by Gasteiger charge is 2.19. The lowest BCUT2D eigenvalue weighted by Crippen LogP contribution is -2.22. The molecule has 68 valence electrons. The average molecular weight is 179 g/mol. The van der Waals surface area contributed by atoms with Crippen molar-refractivity contribution >= 4 is 11.9 Å².